The standard InChI is InChI=1S/C21H15ClN2OS/c1-13-6-7-17(11-18(13)22)20(25)24-21-23-19(12-26-21)16-9-8-14-4-2-3-5-15(14)10-16/h2-12H,1H3,(H,23,24,25). The molecular weight excluding hydrogens is 364 g/mol. The van der Waals surface area contributed by atoms with Crippen molar-refractivity contribution < 1.29 is 4.79 Å². The molecule has 26 heavy (non-hydrogen) atoms. The first-order chi connectivity index (χ1) is 12.6. The first-order valence-corrected chi connectivity index (χ1v) is 9.38. The minimum absolute atomic E-state index is 0.216. The number of halogens is 1. The predicted octanol–water partition coefficient (Wildman–Crippen LogP) is 6.18. The maximum atomic E-state index is 12.4. The molecule has 4 aromatic rings. The Labute approximate surface area is 160 Å². The van der Waals surface area contributed by atoms with Gasteiger partial charge in [0.05, 0.1) is 5.69 Å². The van der Waals surface area contributed by atoms with E-state index >= 15 is 0 Å². The van der Waals surface area contributed by atoms with Gasteiger partial charge >= 0.3 is 0 Å². The zero-order valence-corrected chi connectivity index (χ0v) is 15.6. The summed E-state index contributed by atoms with van der Waals surface area (Å²) in [5.41, 5.74) is 3.33. The molecule has 0 aliphatic heterocycles. The maximum Gasteiger partial charge on any atom is 0.257 e. The van der Waals surface area contributed by atoms with Crippen LogP contribution in [0.1, 0.15) is 15.9 Å². The van der Waals surface area contributed by atoms with E-state index < -0.39 is 0 Å². The Balaban J connectivity index is 1.57. The largest absolute Gasteiger partial charge is 0.298 e. The molecule has 0 bridgehead atoms. The Bertz CT molecular complexity index is 1120. The molecule has 1 amide bonds. The summed E-state index contributed by atoms with van der Waals surface area (Å²) in [4.78, 5) is 16.9. The highest BCUT2D eigenvalue weighted by Crippen LogP contribution is 2.28. The topological polar surface area (TPSA) is 42.0 Å². The summed E-state index contributed by atoms with van der Waals surface area (Å²) >= 11 is 7.50. The fraction of sp³-hybridized carbons (Fsp3) is 0.0476. The van der Waals surface area contributed by atoms with E-state index in [1.165, 1.54) is 16.7 Å². The van der Waals surface area contributed by atoms with Crippen LogP contribution in [-0.2, 0) is 0 Å². The lowest BCUT2D eigenvalue weighted by molar-refractivity contribution is 0.102. The van der Waals surface area contributed by atoms with E-state index in [0.717, 1.165) is 22.2 Å². The van der Waals surface area contributed by atoms with E-state index in [4.69, 9.17) is 11.6 Å². The molecule has 128 valence electrons. The molecule has 0 atom stereocenters. The van der Waals surface area contributed by atoms with Gasteiger partial charge in [0.2, 0.25) is 0 Å². The van der Waals surface area contributed by atoms with Crippen molar-refractivity contribution in [1.82, 2.24) is 4.98 Å². The molecule has 0 saturated heterocycles. The van der Waals surface area contributed by atoms with Crippen LogP contribution < -0.4 is 5.32 Å². The van der Waals surface area contributed by atoms with Crippen LogP contribution in [0.4, 0.5) is 5.13 Å². The molecule has 0 fully saturated rings. The smallest absolute Gasteiger partial charge is 0.257 e. The number of rotatable bonds is 3. The number of nitrogens with zero attached hydrogens (tertiary/aromatic N) is 1. The molecule has 1 heterocycles. The van der Waals surface area contributed by atoms with Crippen LogP contribution >= 0.6 is 22.9 Å². The quantitative estimate of drug-likeness (QED) is 0.462. The number of carbonyl (C=O) groups excluding carboxylic acids is 1. The van der Waals surface area contributed by atoms with Crippen LogP contribution in [0.15, 0.2) is 66.0 Å². The Hall–Kier alpha value is -2.69. The molecule has 0 radical (unpaired) electrons. The molecule has 5 heteroatoms. The van der Waals surface area contributed by atoms with Crippen molar-refractivity contribution in [3.8, 4) is 11.3 Å². The molecule has 3 nitrogen and oxygen atoms in total. The number of anilines is 1. The van der Waals surface area contributed by atoms with E-state index in [9.17, 15) is 4.79 Å². The molecule has 4 rings (SSSR count). The van der Waals surface area contributed by atoms with Gasteiger partial charge in [-0.05, 0) is 41.5 Å². The van der Waals surface area contributed by atoms with Gasteiger partial charge in [-0.15, -0.1) is 11.3 Å². The van der Waals surface area contributed by atoms with Gasteiger partial charge < -0.3 is 0 Å². The summed E-state index contributed by atoms with van der Waals surface area (Å²) in [5, 5.41) is 8.29. The summed E-state index contributed by atoms with van der Waals surface area (Å²) in [6.07, 6.45) is 0. The molecule has 1 aromatic heterocycles. The van der Waals surface area contributed by atoms with Crippen molar-refractivity contribution in [1.29, 1.82) is 0 Å². The van der Waals surface area contributed by atoms with Crippen molar-refractivity contribution in [3.63, 3.8) is 0 Å². The van der Waals surface area contributed by atoms with Gasteiger partial charge in [-0.1, -0.05) is 54.1 Å². The first kappa shape index (κ1) is 16.8. The summed E-state index contributed by atoms with van der Waals surface area (Å²) in [6, 6.07) is 19.7. The highest BCUT2D eigenvalue weighted by atomic mass is 35.5. The Morgan fingerprint density at radius 3 is 2.65 bits per heavy atom. The molecule has 0 unspecified atom stereocenters. The molecule has 0 saturated carbocycles. The van der Waals surface area contributed by atoms with Crippen LogP contribution in [0.3, 0.4) is 0 Å². The third kappa shape index (κ3) is 3.34. The summed E-state index contributed by atoms with van der Waals surface area (Å²) in [6.45, 7) is 1.90. The van der Waals surface area contributed by atoms with E-state index in [1.54, 1.807) is 12.1 Å². The van der Waals surface area contributed by atoms with E-state index in [1.807, 2.05) is 36.6 Å². The number of amides is 1. The van der Waals surface area contributed by atoms with Gasteiger partial charge in [0, 0.05) is 21.5 Å². The Morgan fingerprint density at radius 1 is 1.04 bits per heavy atom. The number of nitrogens with one attached hydrogen (secondary N) is 1. The van der Waals surface area contributed by atoms with Crippen LogP contribution in [-0.4, -0.2) is 10.9 Å². The Morgan fingerprint density at radius 2 is 1.85 bits per heavy atom. The number of aryl methyl sites for hydroxylation is 1. The van der Waals surface area contributed by atoms with Crippen LogP contribution in [0.5, 0.6) is 0 Å². The van der Waals surface area contributed by atoms with Crippen molar-refractivity contribution in [2.45, 2.75) is 6.92 Å². The second kappa shape index (κ2) is 6.90. The minimum atomic E-state index is -0.216. The third-order valence-corrected chi connectivity index (χ3v) is 5.37. The van der Waals surface area contributed by atoms with Gasteiger partial charge in [0.15, 0.2) is 5.13 Å². The number of benzene rings is 3. The highest BCUT2D eigenvalue weighted by Gasteiger charge is 2.11. The molecule has 3 aromatic carbocycles. The second-order valence-corrected chi connectivity index (χ2v) is 7.28. The lowest BCUT2D eigenvalue weighted by Gasteiger charge is -2.04. The predicted molar refractivity (Wildman–Crippen MR) is 109 cm³/mol. The second-order valence-electron chi connectivity index (χ2n) is 6.02. The van der Waals surface area contributed by atoms with Crippen molar-refractivity contribution in [2.75, 3.05) is 5.32 Å². The zero-order valence-electron chi connectivity index (χ0n) is 14.0. The molecule has 0 aliphatic rings. The summed E-state index contributed by atoms with van der Waals surface area (Å²) in [5.74, 6) is -0.216. The van der Waals surface area contributed by atoms with Crippen LogP contribution in [0.25, 0.3) is 22.0 Å². The van der Waals surface area contributed by atoms with E-state index in [-0.39, 0.29) is 5.91 Å². The summed E-state index contributed by atoms with van der Waals surface area (Å²) < 4.78 is 0. The lowest BCUT2D eigenvalue weighted by Crippen LogP contribution is -2.11. The average Bonchev–Trinajstić information content (AvgIpc) is 3.12. The molecule has 0 aliphatic carbocycles. The van der Waals surface area contributed by atoms with Gasteiger partial charge in [0.1, 0.15) is 0 Å². The van der Waals surface area contributed by atoms with E-state index in [0.29, 0.717) is 15.7 Å². The van der Waals surface area contributed by atoms with Crippen molar-refractivity contribution >= 4 is 44.7 Å². The third-order valence-electron chi connectivity index (χ3n) is 4.20. The lowest BCUT2D eigenvalue weighted by atomic mass is 10.1. The van der Waals surface area contributed by atoms with Crippen molar-refractivity contribution in [2.24, 2.45) is 0 Å². The summed E-state index contributed by atoms with van der Waals surface area (Å²) in [7, 11) is 0. The normalized spacial score (nSPS) is 10.8. The molecule has 0 spiro atoms. The van der Waals surface area contributed by atoms with Gasteiger partial charge in [-0.2, -0.15) is 0 Å². The number of hydrogen-bond acceptors (Lipinski definition) is 3. The monoisotopic (exact) mass is 378 g/mol. The average molecular weight is 379 g/mol. The fourth-order valence-corrected chi connectivity index (χ4v) is 3.61. The number of hydrogen-bond donors (Lipinski definition) is 1. The first-order valence-electron chi connectivity index (χ1n) is 8.12. The molecular formula is C21H15ClN2OS. The van der Waals surface area contributed by atoms with E-state index in [2.05, 4.69) is 34.6 Å². The van der Waals surface area contributed by atoms with Crippen LogP contribution in [0, 0.1) is 6.92 Å². The highest BCUT2D eigenvalue weighted by molar-refractivity contribution is 7.14. The zero-order chi connectivity index (χ0) is 18.1. The van der Waals surface area contributed by atoms with Crippen molar-refractivity contribution in [3.05, 3.63) is 82.2 Å². The fourth-order valence-electron chi connectivity index (χ4n) is 2.72. The number of fused-ring (bicyclic) bond motifs is 1. The molecule has 1 N–H and O–H groups in total. The Kier molecular flexibility index (Phi) is 4.45. The minimum Gasteiger partial charge on any atom is -0.298 e. The number of aromatic nitrogens is 1. The maximum absolute atomic E-state index is 12.4. The van der Waals surface area contributed by atoms with Gasteiger partial charge in [-0.25, -0.2) is 4.98 Å². The SMILES string of the molecule is Cc1ccc(C(=O)Nc2nc(-c3ccc4ccccc4c3)cs2)cc1Cl. The van der Waals surface area contributed by atoms with Gasteiger partial charge in [0.25, 0.3) is 5.91 Å². The number of thiazole rings is 1. The van der Waals surface area contributed by atoms with Gasteiger partial charge in [-0.3, -0.25) is 10.1 Å². The van der Waals surface area contributed by atoms with Crippen LogP contribution in [0.2, 0.25) is 5.02 Å². The number of carbonyl (C=O) groups is 1.